The van der Waals surface area contributed by atoms with Crippen molar-refractivity contribution in [3.05, 3.63) is 42.5 Å². The molecule has 2 aromatic carbocycles. The summed E-state index contributed by atoms with van der Waals surface area (Å²) in [7, 11) is 0. The van der Waals surface area contributed by atoms with E-state index >= 15 is 0 Å². The second-order valence-electron chi connectivity index (χ2n) is 4.39. The average molecular weight is 229 g/mol. The van der Waals surface area contributed by atoms with Gasteiger partial charge >= 0.3 is 0 Å². The van der Waals surface area contributed by atoms with Crippen molar-refractivity contribution >= 4 is 16.5 Å². The van der Waals surface area contributed by atoms with E-state index in [1.807, 2.05) is 6.92 Å². The zero-order valence-electron chi connectivity index (χ0n) is 10.4. The molecule has 0 saturated carbocycles. The maximum absolute atomic E-state index is 9.55. The Morgan fingerprint density at radius 2 is 1.82 bits per heavy atom. The number of benzene rings is 2. The van der Waals surface area contributed by atoms with Crippen LogP contribution in [0.15, 0.2) is 42.5 Å². The summed E-state index contributed by atoms with van der Waals surface area (Å²) in [4.78, 5) is 2.22. The quantitative estimate of drug-likeness (QED) is 0.871. The van der Waals surface area contributed by atoms with E-state index in [1.54, 1.807) is 0 Å². The number of anilines is 1. The van der Waals surface area contributed by atoms with E-state index in [1.165, 1.54) is 16.5 Å². The van der Waals surface area contributed by atoms with Gasteiger partial charge in [0.15, 0.2) is 0 Å². The first-order chi connectivity index (χ1) is 8.22. The highest BCUT2D eigenvalue weighted by Gasteiger charge is 2.09. The minimum atomic E-state index is -0.311. The lowest BCUT2D eigenvalue weighted by Gasteiger charge is -2.26. The monoisotopic (exact) mass is 229 g/mol. The van der Waals surface area contributed by atoms with Gasteiger partial charge in [-0.05, 0) is 25.3 Å². The molecular weight excluding hydrogens is 210 g/mol. The van der Waals surface area contributed by atoms with Crippen LogP contribution in [0.25, 0.3) is 10.8 Å². The van der Waals surface area contributed by atoms with Crippen molar-refractivity contribution in [3.63, 3.8) is 0 Å². The van der Waals surface area contributed by atoms with E-state index in [0.29, 0.717) is 6.54 Å². The van der Waals surface area contributed by atoms with Crippen molar-refractivity contribution in [3.8, 4) is 0 Å². The standard InChI is InChI=1S/C15H19NO/c1-3-16(11-12(2)17)15-10-6-8-13-7-4-5-9-14(13)15/h4-10,12,17H,3,11H2,1-2H3/t12-/m0/s1. The Morgan fingerprint density at radius 3 is 2.53 bits per heavy atom. The van der Waals surface area contributed by atoms with Crippen LogP contribution in [0.1, 0.15) is 13.8 Å². The van der Waals surface area contributed by atoms with E-state index in [0.717, 1.165) is 6.54 Å². The molecule has 0 aliphatic heterocycles. The van der Waals surface area contributed by atoms with E-state index in [4.69, 9.17) is 0 Å². The van der Waals surface area contributed by atoms with Crippen LogP contribution in [0.4, 0.5) is 5.69 Å². The highest BCUT2D eigenvalue weighted by molar-refractivity contribution is 5.94. The topological polar surface area (TPSA) is 23.5 Å². The highest BCUT2D eigenvalue weighted by atomic mass is 16.3. The molecule has 0 saturated heterocycles. The van der Waals surface area contributed by atoms with Gasteiger partial charge in [0.2, 0.25) is 0 Å². The van der Waals surface area contributed by atoms with Gasteiger partial charge in [-0.15, -0.1) is 0 Å². The summed E-state index contributed by atoms with van der Waals surface area (Å²) < 4.78 is 0. The zero-order chi connectivity index (χ0) is 12.3. The smallest absolute Gasteiger partial charge is 0.0687 e. The molecule has 0 radical (unpaired) electrons. The van der Waals surface area contributed by atoms with Gasteiger partial charge in [0, 0.05) is 24.2 Å². The third kappa shape index (κ3) is 2.59. The Kier molecular flexibility index (Phi) is 3.64. The van der Waals surface area contributed by atoms with E-state index < -0.39 is 0 Å². The number of fused-ring (bicyclic) bond motifs is 1. The maximum atomic E-state index is 9.55. The minimum Gasteiger partial charge on any atom is -0.392 e. The Balaban J connectivity index is 2.46. The van der Waals surface area contributed by atoms with Gasteiger partial charge in [-0.25, -0.2) is 0 Å². The van der Waals surface area contributed by atoms with Gasteiger partial charge in [0.25, 0.3) is 0 Å². The van der Waals surface area contributed by atoms with E-state index in [-0.39, 0.29) is 6.10 Å². The summed E-state index contributed by atoms with van der Waals surface area (Å²) in [5, 5.41) is 12.0. The minimum absolute atomic E-state index is 0.311. The van der Waals surface area contributed by atoms with Crippen LogP contribution < -0.4 is 4.90 Å². The van der Waals surface area contributed by atoms with Gasteiger partial charge in [-0.1, -0.05) is 36.4 Å². The lowest BCUT2D eigenvalue weighted by atomic mass is 10.1. The summed E-state index contributed by atoms with van der Waals surface area (Å²) in [6, 6.07) is 14.7. The van der Waals surface area contributed by atoms with Crippen LogP contribution in [0.2, 0.25) is 0 Å². The van der Waals surface area contributed by atoms with Crippen LogP contribution in [0.5, 0.6) is 0 Å². The van der Waals surface area contributed by atoms with Gasteiger partial charge in [-0.3, -0.25) is 0 Å². The van der Waals surface area contributed by atoms with Crippen molar-refractivity contribution in [1.82, 2.24) is 0 Å². The predicted octanol–water partition coefficient (Wildman–Crippen LogP) is 3.05. The number of hydrogen-bond acceptors (Lipinski definition) is 2. The molecule has 2 heteroatoms. The molecule has 0 heterocycles. The van der Waals surface area contributed by atoms with Crippen molar-refractivity contribution in [2.75, 3.05) is 18.0 Å². The Labute approximate surface area is 102 Å². The molecular formula is C15H19NO. The molecule has 0 spiro atoms. The van der Waals surface area contributed by atoms with Crippen molar-refractivity contribution < 1.29 is 5.11 Å². The largest absolute Gasteiger partial charge is 0.392 e. The van der Waals surface area contributed by atoms with E-state index in [9.17, 15) is 5.11 Å². The zero-order valence-corrected chi connectivity index (χ0v) is 10.4. The predicted molar refractivity (Wildman–Crippen MR) is 73.5 cm³/mol. The molecule has 2 aromatic rings. The van der Waals surface area contributed by atoms with Crippen molar-refractivity contribution in [2.24, 2.45) is 0 Å². The number of aliphatic hydroxyl groups excluding tert-OH is 1. The number of aliphatic hydroxyl groups is 1. The lowest BCUT2D eigenvalue weighted by Crippen LogP contribution is -2.30. The molecule has 0 aliphatic rings. The van der Waals surface area contributed by atoms with Gasteiger partial charge in [0.1, 0.15) is 0 Å². The third-order valence-electron chi connectivity index (χ3n) is 2.97. The summed E-state index contributed by atoms with van der Waals surface area (Å²) in [6.45, 7) is 5.52. The molecule has 0 fully saturated rings. The molecule has 1 atom stereocenters. The Hall–Kier alpha value is -1.54. The number of likely N-dealkylation sites (N-methyl/N-ethyl adjacent to an activating group) is 1. The average Bonchev–Trinajstić information content (AvgIpc) is 2.35. The molecule has 1 N–H and O–H groups in total. The number of rotatable bonds is 4. The molecule has 0 aromatic heterocycles. The van der Waals surface area contributed by atoms with Crippen molar-refractivity contribution in [1.29, 1.82) is 0 Å². The molecule has 2 nitrogen and oxygen atoms in total. The fourth-order valence-electron chi connectivity index (χ4n) is 2.20. The van der Waals surface area contributed by atoms with E-state index in [2.05, 4.69) is 54.3 Å². The molecule has 0 aliphatic carbocycles. The number of nitrogens with zero attached hydrogens (tertiary/aromatic N) is 1. The van der Waals surface area contributed by atoms with Crippen LogP contribution in [0, 0.1) is 0 Å². The summed E-state index contributed by atoms with van der Waals surface area (Å²) in [5.41, 5.74) is 1.20. The third-order valence-corrected chi connectivity index (χ3v) is 2.97. The second kappa shape index (κ2) is 5.19. The first kappa shape index (κ1) is 11.9. The maximum Gasteiger partial charge on any atom is 0.0687 e. The van der Waals surface area contributed by atoms with Gasteiger partial charge in [-0.2, -0.15) is 0 Å². The number of hydrogen-bond donors (Lipinski definition) is 1. The van der Waals surface area contributed by atoms with Crippen LogP contribution in [-0.2, 0) is 0 Å². The second-order valence-corrected chi connectivity index (χ2v) is 4.39. The van der Waals surface area contributed by atoms with Crippen LogP contribution in [-0.4, -0.2) is 24.3 Å². The van der Waals surface area contributed by atoms with Crippen LogP contribution >= 0.6 is 0 Å². The molecule has 0 amide bonds. The fourth-order valence-corrected chi connectivity index (χ4v) is 2.20. The first-order valence-corrected chi connectivity index (χ1v) is 6.13. The first-order valence-electron chi connectivity index (χ1n) is 6.13. The molecule has 90 valence electrons. The highest BCUT2D eigenvalue weighted by Crippen LogP contribution is 2.26. The normalized spacial score (nSPS) is 12.6. The van der Waals surface area contributed by atoms with Crippen LogP contribution in [0.3, 0.4) is 0 Å². The SMILES string of the molecule is CCN(C[C@H](C)O)c1cccc2ccccc12. The Morgan fingerprint density at radius 1 is 1.12 bits per heavy atom. The fraction of sp³-hybridized carbons (Fsp3) is 0.333. The molecule has 2 rings (SSSR count). The van der Waals surface area contributed by atoms with Gasteiger partial charge in [0.05, 0.1) is 6.10 Å². The lowest BCUT2D eigenvalue weighted by molar-refractivity contribution is 0.200. The summed E-state index contributed by atoms with van der Waals surface area (Å²) >= 11 is 0. The molecule has 17 heavy (non-hydrogen) atoms. The van der Waals surface area contributed by atoms with Crippen molar-refractivity contribution in [2.45, 2.75) is 20.0 Å². The Bertz CT molecular complexity index is 488. The van der Waals surface area contributed by atoms with Gasteiger partial charge < -0.3 is 10.0 Å². The summed E-state index contributed by atoms with van der Waals surface area (Å²) in [6.07, 6.45) is -0.311. The summed E-state index contributed by atoms with van der Waals surface area (Å²) in [5.74, 6) is 0. The molecule has 0 bridgehead atoms. The molecule has 0 unspecified atom stereocenters.